The highest BCUT2D eigenvalue weighted by Crippen LogP contribution is 2.38. The van der Waals surface area contributed by atoms with Gasteiger partial charge in [0.2, 0.25) is 0 Å². The Morgan fingerprint density at radius 2 is 1.95 bits per heavy atom. The number of nitrogens with one attached hydrogen (secondary N) is 1. The Bertz CT molecular complexity index is 658. The van der Waals surface area contributed by atoms with E-state index in [-0.39, 0.29) is 27.2 Å². The third-order valence-corrected chi connectivity index (χ3v) is 2.62. The zero-order chi connectivity index (χ0) is 14.0. The van der Waals surface area contributed by atoms with Gasteiger partial charge in [-0.1, -0.05) is 23.2 Å². The van der Waals surface area contributed by atoms with Gasteiger partial charge in [-0.15, -0.1) is 0 Å². The number of nitro benzene ring substituents is 1. The van der Waals surface area contributed by atoms with Gasteiger partial charge in [-0.05, 0) is 0 Å². The van der Waals surface area contributed by atoms with Gasteiger partial charge >= 0.3 is 5.69 Å². The fourth-order valence-corrected chi connectivity index (χ4v) is 1.81. The molecule has 0 unspecified atom stereocenters. The molecular weight excluding hydrogens is 297 g/mol. The summed E-state index contributed by atoms with van der Waals surface area (Å²) in [7, 11) is 0. The highest BCUT2D eigenvalue weighted by Gasteiger charge is 2.16. The van der Waals surface area contributed by atoms with Crippen LogP contribution in [0.4, 0.5) is 5.69 Å². The van der Waals surface area contributed by atoms with Crippen LogP contribution in [-0.4, -0.2) is 14.9 Å². The summed E-state index contributed by atoms with van der Waals surface area (Å²) in [6.07, 6.45) is 2.44. The van der Waals surface area contributed by atoms with Crippen LogP contribution in [0.5, 0.6) is 11.5 Å². The van der Waals surface area contributed by atoms with Crippen LogP contribution in [0.15, 0.2) is 29.3 Å². The number of aromatic amines is 1. The summed E-state index contributed by atoms with van der Waals surface area (Å²) >= 11 is 11.7. The minimum Gasteiger partial charge on any atom is -0.451 e. The summed E-state index contributed by atoms with van der Waals surface area (Å²) in [5.74, 6) is 0.236. The Kier molecular flexibility index (Phi) is 3.68. The molecule has 1 N–H and O–H groups in total. The summed E-state index contributed by atoms with van der Waals surface area (Å²) in [6.45, 7) is 0. The number of ether oxygens (including phenoxy) is 1. The molecule has 1 aromatic carbocycles. The van der Waals surface area contributed by atoms with Crippen LogP contribution in [0.25, 0.3) is 0 Å². The number of aromatic nitrogens is 2. The zero-order valence-electron chi connectivity index (χ0n) is 9.09. The summed E-state index contributed by atoms with van der Waals surface area (Å²) in [4.78, 5) is 26.5. The van der Waals surface area contributed by atoms with Crippen molar-refractivity contribution in [1.29, 1.82) is 0 Å². The normalized spacial score (nSPS) is 10.2. The number of benzene rings is 1. The van der Waals surface area contributed by atoms with Crippen molar-refractivity contribution in [3.8, 4) is 11.5 Å². The van der Waals surface area contributed by atoms with Gasteiger partial charge in [0.05, 0.1) is 27.4 Å². The Labute approximate surface area is 115 Å². The van der Waals surface area contributed by atoms with Crippen LogP contribution in [-0.2, 0) is 0 Å². The molecule has 0 amide bonds. The van der Waals surface area contributed by atoms with E-state index >= 15 is 0 Å². The molecule has 19 heavy (non-hydrogen) atoms. The van der Waals surface area contributed by atoms with E-state index in [1.165, 1.54) is 12.4 Å². The van der Waals surface area contributed by atoms with Crippen LogP contribution in [0.1, 0.15) is 0 Å². The quantitative estimate of drug-likeness (QED) is 0.694. The molecule has 0 atom stereocenters. The molecule has 0 bridgehead atoms. The van der Waals surface area contributed by atoms with Crippen molar-refractivity contribution in [2.75, 3.05) is 0 Å². The molecule has 0 aliphatic heterocycles. The largest absolute Gasteiger partial charge is 0.451 e. The minimum atomic E-state index is -0.622. The molecule has 98 valence electrons. The van der Waals surface area contributed by atoms with Gasteiger partial charge < -0.3 is 9.72 Å². The van der Waals surface area contributed by atoms with E-state index in [9.17, 15) is 14.9 Å². The maximum Gasteiger partial charge on any atom is 0.345 e. The summed E-state index contributed by atoms with van der Waals surface area (Å²) in [5.41, 5.74) is -0.782. The summed E-state index contributed by atoms with van der Waals surface area (Å²) in [5, 5.41) is 10.6. The predicted molar refractivity (Wildman–Crippen MR) is 68.0 cm³/mol. The predicted octanol–water partition coefficient (Wildman–Crippen LogP) is 2.78. The second-order valence-electron chi connectivity index (χ2n) is 3.35. The SMILES string of the molecule is O=c1ncc(Oc2c(Cl)cc([N+](=O)[O-])cc2Cl)c[nH]1. The Morgan fingerprint density at radius 3 is 2.42 bits per heavy atom. The van der Waals surface area contributed by atoms with Crippen molar-refractivity contribution < 1.29 is 9.66 Å². The van der Waals surface area contributed by atoms with Crippen molar-refractivity contribution >= 4 is 28.9 Å². The molecule has 0 fully saturated rings. The average molecular weight is 302 g/mol. The molecule has 0 saturated heterocycles. The van der Waals surface area contributed by atoms with Crippen molar-refractivity contribution in [2.24, 2.45) is 0 Å². The van der Waals surface area contributed by atoms with E-state index in [1.807, 2.05) is 0 Å². The minimum absolute atomic E-state index is 0.0228. The lowest BCUT2D eigenvalue weighted by molar-refractivity contribution is -0.384. The van der Waals surface area contributed by atoms with Crippen LogP contribution < -0.4 is 10.4 Å². The first kappa shape index (κ1) is 13.3. The molecule has 7 nitrogen and oxygen atoms in total. The van der Waals surface area contributed by atoms with Crippen LogP contribution in [0.3, 0.4) is 0 Å². The van der Waals surface area contributed by atoms with Gasteiger partial charge in [-0.2, -0.15) is 4.98 Å². The van der Waals surface area contributed by atoms with Gasteiger partial charge in [0.25, 0.3) is 5.69 Å². The Hall–Kier alpha value is -2.12. The molecule has 2 rings (SSSR count). The Balaban J connectivity index is 2.38. The van der Waals surface area contributed by atoms with Crippen molar-refractivity contribution in [1.82, 2.24) is 9.97 Å². The third-order valence-electron chi connectivity index (χ3n) is 2.06. The third kappa shape index (κ3) is 3.01. The van der Waals surface area contributed by atoms with Crippen molar-refractivity contribution in [3.05, 3.63) is 55.2 Å². The van der Waals surface area contributed by atoms with Gasteiger partial charge in [0, 0.05) is 12.1 Å². The first-order chi connectivity index (χ1) is 8.97. The molecule has 0 radical (unpaired) electrons. The molecule has 9 heteroatoms. The van der Waals surface area contributed by atoms with Gasteiger partial charge in [-0.25, -0.2) is 4.79 Å². The molecule has 1 aromatic heterocycles. The van der Waals surface area contributed by atoms with Crippen LogP contribution in [0.2, 0.25) is 10.0 Å². The second-order valence-corrected chi connectivity index (χ2v) is 4.17. The first-order valence-electron chi connectivity index (χ1n) is 4.83. The van der Waals surface area contributed by atoms with Gasteiger partial charge in [-0.3, -0.25) is 10.1 Å². The number of halogens is 2. The van der Waals surface area contributed by atoms with Crippen LogP contribution in [0, 0.1) is 10.1 Å². The number of hydrogen-bond donors (Lipinski definition) is 1. The fourth-order valence-electron chi connectivity index (χ4n) is 1.25. The lowest BCUT2D eigenvalue weighted by atomic mass is 10.3. The van der Waals surface area contributed by atoms with Gasteiger partial charge in [0.1, 0.15) is 0 Å². The fraction of sp³-hybridized carbons (Fsp3) is 0. The second kappa shape index (κ2) is 5.25. The van der Waals surface area contributed by atoms with E-state index in [4.69, 9.17) is 27.9 Å². The number of hydrogen-bond acceptors (Lipinski definition) is 5. The lowest BCUT2D eigenvalue weighted by Crippen LogP contribution is -2.07. The maximum atomic E-state index is 10.8. The number of nitrogens with zero attached hydrogens (tertiary/aromatic N) is 2. The highest BCUT2D eigenvalue weighted by molar-refractivity contribution is 6.37. The number of non-ortho nitro benzene ring substituents is 1. The monoisotopic (exact) mass is 301 g/mol. The summed E-state index contributed by atoms with van der Waals surface area (Å²) < 4.78 is 5.31. The number of rotatable bonds is 3. The van der Waals surface area contributed by atoms with E-state index in [0.29, 0.717) is 0 Å². The lowest BCUT2D eigenvalue weighted by Gasteiger charge is -2.08. The summed E-state index contributed by atoms with van der Waals surface area (Å²) in [6, 6.07) is 2.23. The van der Waals surface area contributed by atoms with E-state index in [0.717, 1.165) is 12.1 Å². The molecule has 1 heterocycles. The molecule has 0 spiro atoms. The smallest absolute Gasteiger partial charge is 0.345 e. The highest BCUT2D eigenvalue weighted by atomic mass is 35.5. The van der Waals surface area contributed by atoms with Crippen LogP contribution >= 0.6 is 23.2 Å². The zero-order valence-corrected chi connectivity index (χ0v) is 10.6. The molecule has 0 saturated carbocycles. The molecular formula is C10H5Cl2N3O4. The van der Waals surface area contributed by atoms with Crippen molar-refractivity contribution in [3.63, 3.8) is 0 Å². The average Bonchev–Trinajstić information content (AvgIpc) is 2.35. The molecule has 0 aliphatic carbocycles. The number of nitro groups is 1. The Morgan fingerprint density at radius 1 is 1.32 bits per heavy atom. The van der Waals surface area contributed by atoms with Gasteiger partial charge in [0.15, 0.2) is 11.5 Å². The van der Waals surface area contributed by atoms with E-state index in [1.54, 1.807) is 0 Å². The first-order valence-corrected chi connectivity index (χ1v) is 5.59. The molecule has 0 aliphatic rings. The standard InChI is InChI=1S/C10H5Cl2N3O4/c11-7-1-5(15(17)18)2-8(12)9(7)19-6-3-13-10(16)14-4-6/h1-4H,(H,13,14,16). The number of H-pyrrole nitrogens is 1. The van der Waals surface area contributed by atoms with E-state index < -0.39 is 10.6 Å². The van der Waals surface area contributed by atoms with E-state index in [2.05, 4.69) is 9.97 Å². The molecule has 2 aromatic rings. The van der Waals surface area contributed by atoms with Crippen molar-refractivity contribution in [2.45, 2.75) is 0 Å². The topological polar surface area (TPSA) is 98.1 Å². The maximum absolute atomic E-state index is 10.8.